The van der Waals surface area contributed by atoms with E-state index < -0.39 is 11.6 Å². The standard InChI is InChI=1S/C13H20N4O2.ClH/c1-8(16-11(18)13(2,3)15)9-4-6-10(7-5-9)17-12(14)19;/h4-8H,15H2,1-3H3,(H,16,18)(H3,14,17,19);1H. The van der Waals surface area contributed by atoms with E-state index in [-0.39, 0.29) is 24.4 Å². The summed E-state index contributed by atoms with van der Waals surface area (Å²) in [5.74, 6) is -0.223. The fraction of sp³-hybridized carbons (Fsp3) is 0.385. The van der Waals surface area contributed by atoms with Gasteiger partial charge in [0.2, 0.25) is 5.91 Å². The van der Waals surface area contributed by atoms with Gasteiger partial charge in [-0.15, -0.1) is 12.4 Å². The molecule has 3 amide bonds. The minimum absolute atomic E-state index is 0. The molecule has 0 aromatic heterocycles. The summed E-state index contributed by atoms with van der Waals surface area (Å²) < 4.78 is 0. The van der Waals surface area contributed by atoms with Crippen LogP contribution < -0.4 is 22.1 Å². The molecule has 0 aliphatic rings. The van der Waals surface area contributed by atoms with E-state index in [4.69, 9.17) is 11.5 Å². The number of anilines is 1. The highest BCUT2D eigenvalue weighted by Crippen LogP contribution is 2.16. The van der Waals surface area contributed by atoms with E-state index in [0.717, 1.165) is 5.56 Å². The van der Waals surface area contributed by atoms with Crippen molar-refractivity contribution in [1.82, 2.24) is 5.32 Å². The lowest BCUT2D eigenvalue weighted by molar-refractivity contribution is -0.125. The second kappa shape index (κ2) is 7.12. The van der Waals surface area contributed by atoms with Crippen LogP contribution in [0.5, 0.6) is 0 Å². The smallest absolute Gasteiger partial charge is 0.316 e. The molecule has 0 fully saturated rings. The van der Waals surface area contributed by atoms with Crippen LogP contribution in [0.15, 0.2) is 24.3 Å². The van der Waals surface area contributed by atoms with Gasteiger partial charge in [0, 0.05) is 5.69 Å². The van der Waals surface area contributed by atoms with Crippen molar-refractivity contribution in [3.05, 3.63) is 29.8 Å². The lowest BCUT2D eigenvalue weighted by Gasteiger charge is -2.22. The van der Waals surface area contributed by atoms with E-state index in [0.29, 0.717) is 5.69 Å². The third kappa shape index (κ3) is 5.46. The Morgan fingerprint density at radius 3 is 2.10 bits per heavy atom. The van der Waals surface area contributed by atoms with Crippen molar-refractivity contribution in [3.63, 3.8) is 0 Å². The van der Waals surface area contributed by atoms with Crippen LogP contribution in [0.25, 0.3) is 0 Å². The first-order chi connectivity index (χ1) is 8.70. The Bertz CT molecular complexity index is 468. The zero-order valence-corrected chi connectivity index (χ0v) is 12.6. The van der Waals surface area contributed by atoms with E-state index >= 15 is 0 Å². The number of hydrogen-bond acceptors (Lipinski definition) is 3. The predicted octanol–water partition coefficient (Wildman–Crippen LogP) is 1.51. The molecule has 1 aromatic rings. The molecule has 1 atom stereocenters. The molecule has 1 rings (SSSR count). The molecule has 0 aliphatic carbocycles. The first kappa shape index (κ1) is 18.2. The van der Waals surface area contributed by atoms with Crippen LogP contribution in [0.4, 0.5) is 10.5 Å². The number of benzene rings is 1. The summed E-state index contributed by atoms with van der Waals surface area (Å²) in [6.07, 6.45) is 0. The Balaban J connectivity index is 0.00000361. The highest BCUT2D eigenvalue weighted by molar-refractivity contribution is 5.88. The van der Waals surface area contributed by atoms with Crippen LogP contribution >= 0.6 is 12.4 Å². The van der Waals surface area contributed by atoms with E-state index in [1.807, 2.05) is 6.92 Å². The molecule has 7 heteroatoms. The van der Waals surface area contributed by atoms with E-state index in [2.05, 4.69) is 10.6 Å². The second-order valence-electron chi connectivity index (χ2n) is 5.03. The number of carbonyl (C=O) groups is 2. The van der Waals surface area contributed by atoms with Gasteiger partial charge in [-0.3, -0.25) is 4.79 Å². The molecule has 6 N–H and O–H groups in total. The van der Waals surface area contributed by atoms with Crippen molar-refractivity contribution in [2.45, 2.75) is 32.4 Å². The number of halogens is 1. The lowest BCUT2D eigenvalue weighted by atomic mass is 10.0. The Morgan fingerprint density at radius 1 is 1.20 bits per heavy atom. The van der Waals surface area contributed by atoms with Crippen molar-refractivity contribution in [1.29, 1.82) is 0 Å². The van der Waals surface area contributed by atoms with Gasteiger partial charge in [0.25, 0.3) is 0 Å². The van der Waals surface area contributed by atoms with Gasteiger partial charge in [-0.1, -0.05) is 12.1 Å². The number of urea groups is 1. The molecule has 0 aliphatic heterocycles. The highest BCUT2D eigenvalue weighted by Gasteiger charge is 2.23. The van der Waals surface area contributed by atoms with Gasteiger partial charge in [0.05, 0.1) is 11.6 Å². The van der Waals surface area contributed by atoms with Crippen LogP contribution in [-0.4, -0.2) is 17.5 Å². The van der Waals surface area contributed by atoms with Gasteiger partial charge in [-0.25, -0.2) is 4.79 Å². The van der Waals surface area contributed by atoms with Crippen molar-refractivity contribution in [3.8, 4) is 0 Å². The quantitative estimate of drug-likeness (QED) is 0.676. The molecular formula is C13H21ClN4O2. The maximum atomic E-state index is 11.8. The minimum Gasteiger partial charge on any atom is -0.351 e. The van der Waals surface area contributed by atoms with Crippen molar-refractivity contribution in [2.75, 3.05) is 5.32 Å². The monoisotopic (exact) mass is 300 g/mol. The van der Waals surface area contributed by atoms with Crippen LogP contribution in [0.3, 0.4) is 0 Å². The molecule has 20 heavy (non-hydrogen) atoms. The number of rotatable bonds is 4. The van der Waals surface area contributed by atoms with Gasteiger partial charge < -0.3 is 22.1 Å². The summed E-state index contributed by atoms with van der Waals surface area (Å²) >= 11 is 0. The van der Waals surface area contributed by atoms with Gasteiger partial charge in [0.1, 0.15) is 0 Å². The third-order valence-corrected chi connectivity index (χ3v) is 2.61. The Labute approximate surface area is 124 Å². The molecule has 1 aromatic carbocycles. The molecule has 0 saturated heterocycles. The fourth-order valence-electron chi connectivity index (χ4n) is 1.46. The SMILES string of the molecule is CC(NC(=O)C(C)(C)N)c1ccc(NC(N)=O)cc1.Cl. The summed E-state index contributed by atoms with van der Waals surface area (Å²) in [5, 5.41) is 5.29. The van der Waals surface area contributed by atoms with Crippen molar-refractivity contribution >= 4 is 30.0 Å². The van der Waals surface area contributed by atoms with Gasteiger partial charge in [-0.05, 0) is 38.5 Å². The lowest BCUT2D eigenvalue weighted by Crippen LogP contribution is -2.49. The highest BCUT2D eigenvalue weighted by atomic mass is 35.5. The minimum atomic E-state index is -0.915. The Hall–Kier alpha value is -1.79. The molecule has 6 nitrogen and oxygen atoms in total. The first-order valence-electron chi connectivity index (χ1n) is 5.96. The zero-order valence-electron chi connectivity index (χ0n) is 11.8. The summed E-state index contributed by atoms with van der Waals surface area (Å²) in [6.45, 7) is 5.16. The summed E-state index contributed by atoms with van der Waals surface area (Å²) in [6, 6.07) is 6.27. The summed E-state index contributed by atoms with van der Waals surface area (Å²) in [7, 11) is 0. The Morgan fingerprint density at radius 2 is 1.70 bits per heavy atom. The van der Waals surface area contributed by atoms with Crippen LogP contribution in [0.2, 0.25) is 0 Å². The van der Waals surface area contributed by atoms with E-state index in [1.54, 1.807) is 38.1 Å². The molecule has 1 unspecified atom stereocenters. The van der Waals surface area contributed by atoms with Crippen molar-refractivity contribution < 1.29 is 9.59 Å². The van der Waals surface area contributed by atoms with Crippen molar-refractivity contribution in [2.24, 2.45) is 11.5 Å². The molecule has 0 spiro atoms. The molecular weight excluding hydrogens is 280 g/mol. The molecule has 112 valence electrons. The van der Waals surface area contributed by atoms with Gasteiger partial charge in [0.15, 0.2) is 0 Å². The van der Waals surface area contributed by atoms with Crippen LogP contribution in [-0.2, 0) is 4.79 Å². The summed E-state index contributed by atoms with van der Waals surface area (Å²) in [5.41, 5.74) is 11.3. The normalized spacial score (nSPS) is 12.0. The number of nitrogens with one attached hydrogen (secondary N) is 2. The van der Waals surface area contributed by atoms with Crippen LogP contribution in [0.1, 0.15) is 32.4 Å². The molecule has 0 radical (unpaired) electrons. The maximum absolute atomic E-state index is 11.8. The topological polar surface area (TPSA) is 110 Å². The average molecular weight is 301 g/mol. The number of nitrogens with two attached hydrogens (primary N) is 2. The average Bonchev–Trinajstić information content (AvgIpc) is 2.27. The largest absolute Gasteiger partial charge is 0.351 e. The predicted molar refractivity (Wildman–Crippen MR) is 81.7 cm³/mol. The Kier molecular flexibility index (Phi) is 6.48. The second-order valence-corrected chi connectivity index (χ2v) is 5.03. The number of hydrogen-bond donors (Lipinski definition) is 4. The first-order valence-corrected chi connectivity index (χ1v) is 5.96. The molecule has 0 heterocycles. The maximum Gasteiger partial charge on any atom is 0.316 e. The third-order valence-electron chi connectivity index (χ3n) is 2.61. The summed E-state index contributed by atoms with van der Waals surface area (Å²) in [4.78, 5) is 22.4. The number of amides is 3. The number of primary amides is 1. The van der Waals surface area contributed by atoms with E-state index in [1.165, 1.54) is 0 Å². The van der Waals surface area contributed by atoms with Gasteiger partial charge in [-0.2, -0.15) is 0 Å². The molecule has 0 bridgehead atoms. The van der Waals surface area contributed by atoms with E-state index in [9.17, 15) is 9.59 Å². The zero-order chi connectivity index (χ0) is 14.6. The van der Waals surface area contributed by atoms with Gasteiger partial charge >= 0.3 is 6.03 Å². The number of carbonyl (C=O) groups excluding carboxylic acids is 2. The molecule has 0 saturated carbocycles. The fourth-order valence-corrected chi connectivity index (χ4v) is 1.46. The van der Waals surface area contributed by atoms with Crippen LogP contribution in [0, 0.1) is 0 Å².